The Kier molecular flexibility index (Phi) is 15.7. The standard InChI is InChI=1S/C54H35N.C52H37N/c1-3-16-36(17-4-1)38-20-15-21-39(34-38)40-30-32-52-49(35-40)43-24-13-14-29-50(43)55(52)51-33-31-48(41-22-7-8-23-42(41)51)54-46-27-11-9-25-44(46)53(37-18-5-2-6-19-37)45-26-10-12-28-47(45)54;1-34-31-50(35(2)30-46(34)52-44-25-11-9-23-42(44)51(37-18-7-4-8-19-37)43-24-10-12-26-45(43)52)53-48-27-14-13-22-41(48)47-33-40(28-29-49(47)53)39-21-15-20-38(32-39)36-16-5-3-6-17-36/h1-35H;3-33H,1-2H3. The third-order valence-corrected chi connectivity index (χ3v) is 22.4. The highest BCUT2D eigenvalue weighted by molar-refractivity contribution is 6.25. The fourth-order valence-electron chi connectivity index (χ4n) is 17.5. The first-order valence-corrected chi connectivity index (χ1v) is 37.5. The van der Waals surface area contributed by atoms with Gasteiger partial charge in [-0.15, -0.1) is 0 Å². The van der Waals surface area contributed by atoms with E-state index in [0.717, 1.165) is 0 Å². The molecule has 108 heavy (non-hydrogen) atoms. The van der Waals surface area contributed by atoms with Gasteiger partial charge in [-0.1, -0.05) is 334 Å². The van der Waals surface area contributed by atoms with Crippen molar-refractivity contribution in [3.05, 3.63) is 412 Å². The Bertz CT molecular complexity index is 6990. The summed E-state index contributed by atoms with van der Waals surface area (Å²) < 4.78 is 4.94. The van der Waals surface area contributed by atoms with Crippen LogP contribution in [0.2, 0.25) is 0 Å². The lowest BCUT2D eigenvalue weighted by atomic mass is 9.84. The van der Waals surface area contributed by atoms with Gasteiger partial charge in [0.25, 0.3) is 0 Å². The molecule has 0 saturated heterocycles. The van der Waals surface area contributed by atoms with Crippen LogP contribution in [0.3, 0.4) is 0 Å². The van der Waals surface area contributed by atoms with E-state index < -0.39 is 0 Å². The maximum Gasteiger partial charge on any atom is 0.0541 e. The fourth-order valence-corrected chi connectivity index (χ4v) is 17.5. The van der Waals surface area contributed by atoms with Crippen molar-refractivity contribution >= 4 is 97.5 Å². The van der Waals surface area contributed by atoms with Gasteiger partial charge in [0.2, 0.25) is 0 Å². The van der Waals surface area contributed by atoms with E-state index in [9.17, 15) is 0 Å². The minimum Gasteiger partial charge on any atom is -0.309 e. The van der Waals surface area contributed by atoms with Gasteiger partial charge in [-0.25, -0.2) is 0 Å². The van der Waals surface area contributed by atoms with Gasteiger partial charge in [-0.3, -0.25) is 0 Å². The van der Waals surface area contributed by atoms with E-state index in [1.165, 1.54) is 209 Å². The van der Waals surface area contributed by atoms with Gasteiger partial charge in [-0.2, -0.15) is 0 Å². The van der Waals surface area contributed by atoms with Gasteiger partial charge in [0, 0.05) is 32.6 Å². The maximum atomic E-state index is 2.47. The summed E-state index contributed by atoms with van der Waals surface area (Å²) in [6, 6.07) is 147. The molecule has 21 rings (SSSR count). The molecule has 0 radical (unpaired) electrons. The number of para-hydroxylation sites is 2. The van der Waals surface area contributed by atoms with Crippen molar-refractivity contribution in [3.8, 4) is 100 Å². The van der Waals surface area contributed by atoms with Crippen LogP contribution in [0.4, 0.5) is 0 Å². The average Bonchev–Trinajstić information content (AvgIpc) is 1.09. The Morgan fingerprint density at radius 1 is 0.148 bits per heavy atom. The molecule has 2 nitrogen and oxygen atoms in total. The van der Waals surface area contributed by atoms with Crippen LogP contribution in [0, 0.1) is 13.8 Å². The van der Waals surface area contributed by atoms with Crippen molar-refractivity contribution in [3.63, 3.8) is 0 Å². The van der Waals surface area contributed by atoms with Crippen LogP contribution in [0.5, 0.6) is 0 Å². The van der Waals surface area contributed by atoms with Crippen LogP contribution >= 0.6 is 0 Å². The Labute approximate surface area is 628 Å². The zero-order valence-corrected chi connectivity index (χ0v) is 60.0. The van der Waals surface area contributed by atoms with Crippen molar-refractivity contribution in [2.24, 2.45) is 0 Å². The van der Waals surface area contributed by atoms with E-state index in [0.29, 0.717) is 0 Å². The summed E-state index contributed by atoms with van der Waals surface area (Å²) >= 11 is 0. The molecule has 0 aliphatic rings. The highest BCUT2D eigenvalue weighted by Gasteiger charge is 2.24. The molecule has 0 spiro atoms. The zero-order chi connectivity index (χ0) is 71.8. The smallest absolute Gasteiger partial charge is 0.0541 e. The minimum absolute atomic E-state index is 1.18. The third-order valence-electron chi connectivity index (χ3n) is 22.4. The molecule has 21 aromatic rings. The van der Waals surface area contributed by atoms with Crippen molar-refractivity contribution in [1.82, 2.24) is 9.13 Å². The minimum atomic E-state index is 1.18. The first kappa shape index (κ1) is 63.7. The SMILES string of the molecule is Cc1cc(-n2c3ccccc3c3cc(-c4cccc(-c5ccccc5)c4)ccc32)c(C)cc1-c1c2ccccc2c(-c2ccccc2)c2ccccc12.c1ccc(-c2cccc(-c3ccc4c(c3)c3ccccc3n4-c3ccc(-c4c5ccccc5c(-c5ccccc5)c5ccccc45)c4ccccc34)c2)cc1. The van der Waals surface area contributed by atoms with Crippen LogP contribution < -0.4 is 0 Å². The van der Waals surface area contributed by atoms with Crippen molar-refractivity contribution in [2.45, 2.75) is 13.8 Å². The van der Waals surface area contributed by atoms with Crippen LogP contribution in [0.15, 0.2) is 400 Å². The third kappa shape index (κ3) is 10.8. The summed E-state index contributed by atoms with van der Waals surface area (Å²) in [4.78, 5) is 0. The lowest BCUT2D eigenvalue weighted by Crippen LogP contribution is -2.00. The summed E-state index contributed by atoms with van der Waals surface area (Å²) in [7, 11) is 0. The summed E-state index contributed by atoms with van der Waals surface area (Å²) in [5.74, 6) is 0. The quantitative estimate of drug-likeness (QED) is 0.121. The predicted molar refractivity (Wildman–Crippen MR) is 462 cm³/mol. The fraction of sp³-hybridized carbons (Fsp3) is 0.0189. The molecule has 0 aliphatic heterocycles. The second kappa shape index (κ2) is 26.7. The molecule has 0 atom stereocenters. The maximum absolute atomic E-state index is 2.47. The van der Waals surface area contributed by atoms with Crippen LogP contribution in [-0.2, 0) is 0 Å². The van der Waals surface area contributed by atoms with Gasteiger partial charge in [-0.05, 0) is 229 Å². The first-order chi connectivity index (χ1) is 53.5. The van der Waals surface area contributed by atoms with E-state index in [4.69, 9.17) is 0 Å². The number of nitrogens with zero attached hydrogens (tertiary/aromatic N) is 2. The van der Waals surface area contributed by atoms with E-state index in [1.807, 2.05) is 0 Å². The first-order valence-electron chi connectivity index (χ1n) is 37.5. The van der Waals surface area contributed by atoms with Gasteiger partial charge >= 0.3 is 0 Å². The lowest BCUT2D eigenvalue weighted by Gasteiger charge is -2.20. The number of fused-ring (bicyclic) bond motifs is 11. The second-order valence-corrected chi connectivity index (χ2v) is 28.6. The summed E-state index contributed by atoms with van der Waals surface area (Å²) in [6.45, 7) is 4.55. The molecule has 0 N–H and O–H groups in total. The van der Waals surface area contributed by atoms with E-state index in [1.54, 1.807) is 0 Å². The number of hydrogen-bond acceptors (Lipinski definition) is 0. The summed E-state index contributed by atoms with van der Waals surface area (Å²) in [5.41, 5.74) is 29.7. The number of hydrogen-bond donors (Lipinski definition) is 0. The van der Waals surface area contributed by atoms with Gasteiger partial charge in [0.1, 0.15) is 0 Å². The molecule has 19 aromatic carbocycles. The Morgan fingerprint density at radius 2 is 0.444 bits per heavy atom. The van der Waals surface area contributed by atoms with Crippen molar-refractivity contribution in [2.75, 3.05) is 0 Å². The van der Waals surface area contributed by atoms with Gasteiger partial charge < -0.3 is 9.13 Å². The lowest BCUT2D eigenvalue weighted by molar-refractivity contribution is 1.14. The van der Waals surface area contributed by atoms with E-state index in [2.05, 4.69) is 423 Å². The number of benzene rings is 19. The molecule has 2 heterocycles. The zero-order valence-electron chi connectivity index (χ0n) is 60.0. The Morgan fingerprint density at radius 3 is 0.861 bits per heavy atom. The van der Waals surface area contributed by atoms with Crippen LogP contribution in [-0.4, -0.2) is 9.13 Å². The summed E-state index contributed by atoms with van der Waals surface area (Å²) in [5, 5.41) is 17.7. The molecular weight excluding hydrogens is 1300 g/mol. The molecule has 0 bridgehead atoms. The van der Waals surface area contributed by atoms with Gasteiger partial charge in [0.15, 0.2) is 0 Å². The van der Waals surface area contributed by atoms with E-state index in [-0.39, 0.29) is 0 Å². The monoisotopic (exact) mass is 1370 g/mol. The Balaban J connectivity index is 0.000000142. The predicted octanol–water partition coefficient (Wildman–Crippen LogP) is 29.3. The molecule has 2 aromatic heterocycles. The van der Waals surface area contributed by atoms with Crippen molar-refractivity contribution in [1.29, 1.82) is 0 Å². The topological polar surface area (TPSA) is 9.86 Å². The normalized spacial score (nSPS) is 11.6. The van der Waals surface area contributed by atoms with Crippen LogP contribution in [0.1, 0.15) is 11.1 Å². The summed E-state index contributed by atoms with van der Waals surface area (Å²) in [6.07, 6.45) is 0. The highest BCUT2D eigenvalue weighted by atomic mass is 15.0. The molecule has 0 unspecified atom stereocenters. The Hall–Kier alpha value is -13.9. The molecule has 0 aliphatic carbocycles. The molecule has 2 heteroatoms. The molecule has 0 fully saturated rings. The van der Waals surface area contributed by atoms with Crippen molar-refractivity contribution < 1.29 is 0 Å². The largest absolute Gasteiger partial charge is 0.309 e. The number of rotatable bonds is 10. The second-order valence-electron chi connectivity index (χ2n) is 28.6. The molecule has 0 amide bonds. The van der Waals surface area contributed by atoms with Gasteiger partial charge in [0.05, 0.1) is 27.8 Å². The average molecular weight is 1370 g/mol. The van der Waals surface area contributed by atoms with Crippen LogP contribution in [0.25, 0.3) is 198 Å². The number of aryl methyl sites for hydroxylation is 2. The molecule has 506 valence electrons. The van der Waals surface area contributed by atoms with E-state index >= 15 is 0 Å². The molecule has 0 saturated carbocycles. The highest BCUT2D eigenvalue weighted by Crippen LogP contribution is 2.49. The number of aromatic nitrogens is 2. The molecular formula is C106H72N2.